The van der Waals surface area contributed by atoms with E-state index in [2.05, 4.69) is 20.9 Å². The van der Waals surface area contributed by atoms with Crippen LogP contribution in [0.1, 0.15) is 32.6 Å². The molecule has 2 rings (SSSR count). The summed E-state index contributed by atoms with van der Waals surface area (Å²) in [6.45, 7) is 1.89. The molecule has 9 nitrogen and oxygen atoms in total. The van der Waals surface area contributed by atoms with Gasteiger partial charge in [0.15, 0.2) is 0 Å². The van der Waals surface area contributed by atoms with E-state index in [0.29, 0.717) is 36.3 Å². The first-order valence-electron chi connectivity index (χ1n) is 9.78. The molecule has 0 aliphatic rings. The summed E-state index contributed by atoms with van der Waals surface area (Å²) in [6, 6.07) is 9.54. The summed E-state index contributed by atoms with van der Waals surface area (Å²) < 4.78 is 4.88. The lowest BCUT2D eigenvalue weighted by atomic mass is 10.1. The maximum Gasteiger partial charge on any atom is 0.407 e. The summed E-state index contributed by atoms with van der Waals surface area (Å²) in [5.74, 6) is -0.528. The molecule has 1 aromatic carbocycles. The molecule has 1 atom stereocenters. The van der Waals surface area contributed by atoms with E-state index in [9.17, 15) is 14.4 Å². The lowest BCUT2D eigenvalue weighted by Crippen LogP contribution is -2.44. The maximum absolute atomic E-state index is 12.6. The van der Waals surface area contributed by atoms with Crippen LogP contribution in [0.15, 0.2) is 48.8 Å². The second-order valence-corrected chi connectivity index (χ2v) is 6.52. The van der Waals surface area contributed by atoms with Crippen molar-refractivity contribution >= 4 is 35.0 Å². The van der Waals surface area contributed by atoms with Crippen molar-refractivity contribution in [1.29, 1.82) is 0 Å². The van der Waals surface area contributed by atoms with Gasteiger partial charge in [-0.3, -0.25) is 14.6 Å². The molecule has 0 radical (unpaired) electrons. The second kappa shape index (κ2) is 12.1. The van der Waals surface area contributed by atoms with Crippen molar-refractivity contribution in [3.05, 3.63) is 48.8 Å². The summed E-state index contributed by atoms with van der Waals surface area (Å²) >= 11 is 0. The van der Waals surface area contributed by atoms with Crippen molar-refractivity contribution < 1.29 is 19.1 Å². The highest BCUT2D eigenvalue weighted by Gasteiger charge is 2.21. The largest absolute Gasteiger partial charge is 0.450 e. The molecule has 160 valence electrons. The second-order valence-electron chi connectivity index (χ2n) is 6.52. The molecule has 0 aliphatic carbocycles. The Morgan fingerprint density at radius 3 is 2.50 bits per heavy atom. The average Bonchev–Trinajstić information content (AvgIpc) is 2.73. The van der Waals surface area contributed by atoms with Gasteiger partial charge in [0.1, 0.15) is 6.04 Å². The molecule has 3 amide bonds. The molecule has 0 fully saturated rings. The highest BCUT2D eigenvalue weighted by molar-refractivity contribution is 5.96. The molecular formula is C21H27N5O4. The minimum atomic E-state index is -0.787. The van der Waals surface area contributed by atoms with Crippen molar-refractivity contribution in [3.63, 3.8) is 0 Å². The Morgan fingerprint density at radius 1 is 1.07 bits per heavy atom. The van der Waals surface area contributed by atoms with Crippen LogP contribution in [0.5, 0.6) is 0 Å². The monoisotopic (exact) mass is 413 g/mol. The number of nitrogens with zero attached hydrogens (tertiary/aromatic N) is 1. The number of hydrogen-bond acceptors (Lipinski definition) is 6. The summed E-state index contributed by atoms with van der Waals surface area (Å²) in [4.78, 5) is 40.4. The van der Waals surface area contributed by atoms with Crippen LogP contribution in [0.3, 0.4) is 0 Å². The fraction of sp³-hybridized carbons (Fsp3) is 0.333. The zero-order valence-electron chi connectivity index (χ0n) is 16.9. The number of rotatable bonds is 10. The molecule has 9 heteroatoms. The van der Waals surface area contributed by atoms with Crippen molar-refractivity contribution in [1.82, 2.24) is 10.3 Å². The SMILES string of the molecule is CCOC(=O)NC(CCCCC(=O)Nc1ccccc1N)C(=O)Nc1ccncc1. The zero-order valence-corrected chi connectivity index (χ0v) is 16.9. The van der Waals surface area contributed by atoms with Crippen LogP contribution >= 0.6 is 0 Å². The smallest absolute Gasteiger partial charge is 0.407 e. The van der Waals surface area contributed by atoms with Crippen molar-refractivity contribution in [2.45, 2.75) is 38.6 Å². The number of pyridine rings is 1. The van der Waals surface area contributed by atoms with E-state index in [1.807, 2.05) is 0 Å². The Kier molecular flexibility index (Phi) is 9.11. The average molecular weight is 413 g/mol. The summed E-state index contributed by atoms with van der Waals surface area (Å²) in [6.07, 6.45) is 4.18. The Labute approximate surface area is 175 Å². The minimum Gasteiger partial charge on any atom is -0.450 e. The Hall–Kier alpha value is -3.62. The molecule has 5 N–H and O–H groups in total. The number of aromatic nitrogens is 1. The number of para-hydroxylation sites is 2. The van der Waals surface area contributed by atoms with E-state index >= 15 is 0 Å². The third-order valence-electron chi connectivity index (χ3n) is 4.21. The van der Waals surface area contributed by atoms with Crippen molar-refractivity contribution in [2.75, 3.05) is 23.0 Å². The molecule has 30 heavy (non-hydrogen) atoms. The van der Waals surface area contributed by atoms with Crippen molar-refractivity contribution in [2.24, 2.45) is 0 Å². The molecule has 0 saturated heterocycles. The molecule has 2 aromatic rings. The van der Waals surface area contributed by atoms with E-state index in [0.717, 1.165) is 0 Å². The van der Waals surface area contributed by atoms with Gasteiger partial charge in [-0.25, -0.2) is 4.79 Å². The number of nitrogens with two attached hydrogens (primary N) is 1. The van der Waals surface area contributed by atoms with Gasteiger partial charge >= 0.3 is 6.09 Å². The lowest BCUT2D eigenvalue weighted by Gasteiger charge is -2.18. The van der Waals surface area contributed by atoms with E-state index in [4.69, 9.17) is 10.5 Å². The van der Waals surface area contributed by atoms with Crippen LogP contribution in [-0.4, -0.2) is 35.5 Å². The van der Waals surface area contributed by atoms with Gasteiger partial charge < -0.3 is 26.4 Å². The van der Waals surface area contributed by atoms with Gasteiger partial charge in [-0.15, -0.1) is 0 Å². The van der Waals surface area contributed by atoms with Gasteiger partial charge in [0.05, 0.1) is 18.0 Å². The molecule has 0 bridgehead atoms. The first kappa shape index (κ1) is 22.7. The number of anilines is 3. The Bertz CT molecular complexity index is 844. The standard InChI is InChI=1S/C21H27N5O4/c1-2-30-21(29)26-18(20(28)24-15-11-13-23-14-12-15)9-5-6-10-19(27)25-17-8-4-3-7-16(17)22/h3-4,7-8,11-14,18H,2,5-6,9-10,22H2,1H3,(H,25,27)(H,26,29)(H,23,24,28). The Balaban J connectivity index is 1.84. The van der Waals surface area contributed by atoms with Gasteiger partial charge in [0, 0.05) is 24.5 Å². The van der Waals surface area contributed by atoms with Crippen LogP contribution in [0.2, 0.25) is 0 Å². The van der Waals surface area contributed by atoms with Gasteiger partial charge in [-0.05, 0) is 44.0 Å². The number of ether oxygens (including phenoxy) is 1. The van der Waals surface area contributed by atoms with Crippen LogP contribution < -0.4 is 21.7 Å². The third kappa shape index (κ3) is 7.78. The van der Waals surface area contributed by atoms with Crippen LogP contribution in [-0.2, 0) is 14.3 Å². The number of amides is 3. The van der Waals surface area contributed by atoms with E-state index in [1.165, 1.54) is 0 Å². The quantitative estimate of drug-likeness (QED) is 0.349. The number of alkyl carbamates (subject to hydrolysis) is 1. The number of hydrogen-bond donors (Lipinski definition) is 4. The molecule has 0 spiro atoms. The molecule has 1 aromatic heterocycles. The molecule has 1 heterocycles. The third-order valence-corrected chi connectivity index (χ3v) is 4.21. The number of benzene rings is 1. The zero-order chi connectivity index (χ0) is 21.8. The van der Waals surface area contributed by atoms with E-state index < -0.39 is 12.1 Å². The van der Waals surface area contributed by atoms with E-state index in [1.54, 1.807) is 55.7 Å². The number of carbonyl (C=O) groups is 3. The fourth-order valence-electron chi connectivity index (χ4n) is 2.71. The van der Waals surface area contributed by atoms with E-state index in [-0.39, 0.29) is 24.8 Å². The molecular weight excluding hydrogens is 386 g/mol. The van der Waals surface area contributed by atoms with Gasteiger partial charge in [0.25, 0.3) is 0 Å². The maximum atomic E-state index is 12.6. The van der Waals surface area contributed by atoms with Gasteiger partial charge in [0.2, 0.25) is 11.8 Å². The predicted molar refractivity (Wildman–Crippen MR) is 115 cm³/mol. The van der Waals surface area contributed by atoms with Crippen molar-refractivity contribution in [3.8, 4) is 0 Å². The van der Waals surface area contributed by atoms with Crippen LogP contribution in [0.4, 0.5) is 21.9 Å². The first-order chi connectivity index (χ1) is 14.5. The number of nitrogens with one attached hydrogen (secondary N) is 3. The fourth-order valence-corrected chi connectivity index (χ4v) is 2.71. The summed E-state index contributed by atoms with van der Waals surface area (Å²) in [5.41, 5.74) is 7.46. The molecule has 1 unspecified atom stereocenters. The highest BCUT2D eigenvalue weighted by Crippen LogP contribution is 2.17. The first-order valence-corrected chi connectivity index (χ1v) is 9.78. The normalized spacial score (nSPS) is 11.2. The summed E-state index contributed by atoms with van der Waals surface area (Å²) in [5, 5.41) is 8.07. The number of carbonyl (C=O) groups excluding carboxylic acids is 3. The molecule has 0 aliphatic heterocycles. The highest BCUT2D eigenvalue weighted by atomic mass is 16.5. The minimum absolute atomic E-state index is 0.163. The van der Waals surface area contributed by atoms with Crippen LogP contribution in [0, 0.1) is 0 Å². The van der Waals surface area contributed by atoms with Crippen LogP contribution in [0.25, 0.3) is 0 Å². The number of nitrogen functional groups attached to an aromatic ring is 1. The summed E-state index contributed by atoms with van der Waals surface area (Å²) in [7, 11) is 0. The van der Waals surface area contributed by atoms with Gasteiger partial charge in [-0.1, -0.05) is 18.6 Å². The lowest BCUT2D eigenvalue weighted by molar-refractivity contribution is -0.118. The van der Waals surface area contributed by atoms with Gasteiger partial charge in [-0.2, -0.15) is 0 Å². The topological polar surface area (TPSA) is 135 Å². The number of unbranched alkanes of at least 4 members (excludes halogenated alkanes) is 1. The Morgan fingerprint density at radius 2 is 1.80 bits per heavy atom. The predicted octanol–water partition coefficient (Wildman–Crippen LogP) is 2.92. The molecule has 0 saturated carbocycles.